The van der Waals surface area contributed by atoms with Crippen LogP contribution in [0.1, 0.15) is 36.8 Å². The van der Waals surface area contributed by atoms with Crippen LogP contribution in [0.3, 0.4) is 0 Å². The fourth-order valence-electron chi connectivity index (χ4n) is 2.16. The lowest BCUT2D eigenvalue weighted by molar-refractivity contribution is 0.208. The molecular weight excluding hydrogens is 186 g/mol. The maximum Gasteiger partial charge on any atom is 0.122 e. The van der Waals surface area contributed by atoms with Gasteiger partial charge in [0.15, 0.2) is 0 Å². The molecule has 0 atom stereocenters. The molecule has 1 aromatic rings. The van der Waals surface area contributed by atoms with Crippen LogP contribution in [-0.2, 0) is 6.54 Å². The fraction of sp³-hybridized carbons (Fsp3) is 0.538. The molecule has 1 saturated carbocycles. The summed E-state index contributed by atoms with van der Waals surface area (Å²) in [6.45, 7) is 2.69. The lowest BCUT2D eigenvalue weighted by Crippen LogP contribution is -2.11. The van der Waals surface area contributed by atoms with Gasteiger partial charge in [0.25, 0.3) is 0 Å². The molecule has 1 aromatic carbocycles. The summed E-state index contributed by atoms with van der Waals surface area (Å²) in [5.74, 6) is 1.03. The van der Waals surface area contributed by atoms with Crippen LogP contribution in [0.25, 0.3) is 0 Å². The first kappa shape index (κ1) is 10.5. The van der Waals surface area contributed by atoms with E-state index in [0.29, 0.717) is 12.6 Å². The number of rotatable bonds is 3. The van der Waals surface area contributed by atoms with Crippen LogP contribution in [0.15, 0.2) is 18.2 Å². The van der Waals surface area contributed by atoms with Gasteiger partial charge in [-0.05, 0) is 49.8 Å². The SMILES string of the molecule is Cc1cc(CN)ccc1OC1CCCC1. The van der Waals surface area contributed by atoms with Gasteiger partial charge in [0.2, 0.25) is 0 Å². The summed E-state index contributed by atoms with van der Waals surface area (Å²) < 4.78 is 5.96. The van der Waals surface area contributed by atoms with E-state index in [9.17, 15) is 0 Å². The molecule has 1 fully saturated rings. The third kappa shape index (κ3) is 2.51. The topological polar surface area (TPSA) is 35.2 Å². The van der Waals surface area contributed by atoms with E-state index < -0.39 is 0 Å². The smallest absolute Gasteiger partial charge is 0.122 e. The Labute approximate surface area is 91.4 Å². The highest BCUT2D eigenvalue weighted by Crippen LogP contribution is 2.26. The average molecular weight is 205 g/mol. The predicted octanol–water partition coefficient (Wildman–Crippen LogP) is 2.78. The molecule has 1 aliphatic carbocycles. The summed E-state index contributed by atoms with van der Waals surface area (Å²) in [5.41, 5.74) is 7.96. The molecule has 0 heterocycles. The molecule has 15 heavy (non-hydrogen) atoms. The number of benzene rings is 1. The Bertz CT molecular complexity index is 329. The van der Waals surface area contributed by atoms with Crippen molar-refractivity contribution in [3.63, 3.8) is 0 Å². The van der Waals surface area contributed by atoms with E-state index in [1.807, 2.05) is 0 Å². The zero-order chi connectivity index (χ0) is 10.7. The first-order valence-electron chi connectivity index (χ1n) is 5.76. The number of hydrogen-bond donors (Lipinski definition) is 1. The zero-order valence-electron chi connectivity index (χ0n) is 9.33. The largest absolute Gasteiger partial charge is 0.490 e. The second kappa shape index (κ2) is 4.67. The van der Waals surface area contributed by atoms with Crippen molar-refractivity contribution in [2.24, 2.45) is 5.73 Å². The Morgan fingerprint density at radius 3 is 2.67 bits per heavy atom. The number of nitrogens with two attached hydrogens (primary N) is 1. The monoisotopic (exact) mass is 205 g/mol. The molecule has 2 N–H and O–H groups in total. The molecule has 0 spiro atoms. The third-order valence-corrected chi connectivity index (χ3v) is 3.07. The first-order valence-corrected chi connectivity index (χ1v) is 5.76. The summed E-state index contributed by atoms with van der Waals surface area (Å²) >= 11 is 0. The quantitative estimate of drug-likeness (QED) is 0.823. The van der Waals surface area contributed by atoms with Gasteiger partial charge >= 0.3 is 0 Å². The van der Waals surface area contributed by atoms with Gasteiger partial charge in [-0.15, -0.1) is 0 Å². The summed E-state index contributed by atoms with van der Waals surface area (Å²) in [6, 6.07) is 6.22. The summed E-state index contributed by atoms with van der Waals surface area (Å²) in [6.07, 6.45) is 5.47. The second-order valence-electron chi connectivity index (χ2n) is 4.33. The Balaban J connectivity index is 2.07. The van der Waals surface area contributed by atoms with Crippen LogP contribution in [0.4, 0.5) is 0 Å². The molecule has 2 rings (SSSR count). The standard InChI is InChI=1S/C13H19NO/c1-10-8-11(9-14)6-7-13(10)15-12-4-2-3-5-12/h6-8,12H,2-5,9,14H2,1H3. The molecule has 82 valence electrons. The van der Waals surface area contributed by atoms with E-state index in [2.05, 4.69) is 25.1 Å². The van der Waals surface area contributed by atoms with E-state index in [1.54, 1.807) is 0 Å². The number of ether oxygens (including phenoxy) is 1. The lowest BCUT2D eigenvalue weighted by atomic mass is 10.1. The Morgan fingerprint density at radius 2 is 2.07 bits per heavy atom. The molecule has 0 aliphatic heterocycles. The van der Waals surface area contributed by atoms with Gasteiger partial charge < -0.3 is 10.5 Å². The normalized spacial score (nSPS) is 16.9. The van der Waals surface area contributed by atoms with Gasteiger partial charge in [0.05, 0.1) is 6.10 Å². The highest BCUT2D eigenvalue weighted by molar-refractivity contribution is 5.36. The van der Waals surface area contributed by atoms with Crippen LogP contribution in [0.2, 0.25) is 0 Å². The van der Waals surface area contributed by atoms with E-state index in [4.69, 9.17) is 10.5 Å². The molecule has 0 bridgehead atoms. The van der Waals surface area contributed by atoms with Crippen molar-refractivity contribution in [3.05, 3.63) is 29.3 Å². The molecule has 0 amide bonds. The average Bonchev–Trinajstić information content (AvgIpc) is 2.74. The van der Waals surface area contributed by atoms with Crippen LogP contribution in [0, 0.1) is 6.92 Å². The summed E-state index contributed by atoms with van der Waals surface area (Å²) in [7, 11) is 0. The van der Waals surface area contributed by atoms with Crippen molar-refractivity contribution < 1.29 is 4.74 Å². The van der Waals surface area contributed by atoms with Crippen LogP contribution >= 0.6 is 0 Å². The van der Waals surface area contributed by atoms with Crippen molar-refractivity contribution in [1.82, 2.24) is 0 Å². The maximum atomic E-state index is 5.96. The van der Waals surface area contributed by atoms with E-state index >= 15 is 0 Å². The van der Waals surface area contributed by atoms with Gasteiger partial charge in [-0.2, -0.15) is 0 Å². The fourth-order valence-corrected chi connectivity index (χ4v) is 2.16. The molecule has 2 heteroatoms. The first-order chi connectivity index (χ1) is 7.29. The van der Waals surface area contributed by atoms with Crippen molar-refractivity contribution in [3.8, 4) is 5.75 Å². The third-order valence-electron chi connectivity index (χ3n) is 3.07. The Hall–Kier alpha value is -1.02. The molecule has 0 unspecified atom stereocenters. The van der Waals surface area contributed by atoms with E-state index in [-0.39, 0.29) is 0 Å². The van der Waals surface area contributed by atoms with E-state index in [0.717, 1.165) is 5.75 Å². The predicted molar refractivity (Wildman–Crippen MR) is 62.0 cm³/mol. The molecule has 0 radical (unpaired) electrons. The van der Waals surface area contributed by atoms with Gasteiger partial charge in [-0.1, -0.05) is 12.1 Å². The number of hydrogen-bond acceptors (Lipinski definition) is 2. The minimum atomic E-state index is 0.437. The van der Waals surface area contributed by atoms with E-state index in [1.165, 1.54) is 36.8 Å². The van der Waals surface area contributed by atoms with Gasteiger partial charge in [-0.3, -0.25) is 0 Å². The highest BCUT2D eigenvalue weighted by Gasteiger charge is 2.17. The summed E-state index contributed by atoms with van der Waals surface area (Å²) in [5, 5.41) is 0. The molecule has 0 aromatic heterocycles. The number of aryl methyl sites for hydroxylation is 1. The highest BCUT2D eigenvalue weighted by atomic mass is 16.5. The Morgan fingerprint density at radius 1 is 1.33 bits per heavy atom. The maximum absolute atomic E-state index is 5.96. The van der Waals surface area contributed by atoms with Gasteiger partial charge in [0.1, 0.15) is 5.75 Å². The minimum absolute atomic E-state index is 0.437. The van der Waals surface area contributed by atoms with Crippen LogP contribution in [0.5, 0.6) is 5.75 Å². The van der Waals surface area contributed by atoms with Crippen LogP contribution < -0.4 is 10.5 Å². The van der Waals surface area contributed by atoms with Crippen molar-refractivity contribution >= 4 is 0 Å². The van der Waals surface area contributed by atoms with Crippen LogP contribution in [-0.4, -0.2) is 6.10 Å². The Kier molecular flexibility index (Phi) is 3.27. The summed E-state index contributed by atoms with van der Waals surface area (Å²) in [4.78, 5) is 0. The molecule has 2 nitrogen and oxygen atoms in total. The molecule has 1 aliphatic rings. The molecular formula is C13H19NO. The van der Waals surface area contributed by atoms with Gasteiger partial charge in [0, 0.05) is 6.54 Å². The second-order valence-corrected chi connectivity index (χ2v) is 4.33. The van der Waals surface area contributed by atoms with Gasteiger partial charge in [-0.25, -0.2) is 0 Å². The minimum Gasteiger partial charge on any atom is -0.490 e. The van der Waals surface area contributed by atoms with Crippen molar-refractivity contribution in [1.29, 1.82) is 0 Å². The zero-order valence-corrected chi connectivity index (χ0v) is 9.33. The lowest BCUT2D eigenvalue weighted by Gasteiger charge is -2.15. The van der Waals surface area contributed by atoms with Crippen molar-refractivity contribution in [2.75, 3.05) is 0 Å². The van der Waals surface area contributed by atoms with Crippen molar-refractivity contribution in [2.45, 2.75) is 45.3 Å². The molecule has 0 saturated heterocycles.